The van der Waals surface area contributed by atoms with Crippen LogP contribution in [0.3, 0.4) is 0 Å². The zero-order valence-corrected chi connectivity index (χ0v) is 10.2. The number of carboxylic acids is 4. The maximum Gasteiger partial charge on any atom is 0.321 e. The van der Waals surface area contributed by atoms with Gasteiger partial charge < -0.3 is 25.5 Å². The third-order valence-electron chi connectivity index (χ3n) is 1.76. The molecule has 20 heavy (non-hydrogen) atoms. The second kappa shape index (κ2) is 10.3. The van der Waals surface area contributed by atoms with E-state index in [9.17, 15) is 19.2 Å². The van der Waals surface area contributed by atoms with Crippen molar-refractivity contribution in [1.82, 2.24) is 5.32 Å². The van der Waals surface area contributed by atoms with Crippen LogP contribution in [0.15, 0.2) is 12.8 Å². The second-order valence-electron chi connectivity index (χ2n) is 3.33. The van der Waals surface area contributed by atoms with Gasteiger partial charge in [-0.05, 0) is 0 Å². The Balaban J connectivity index is 0. The molecular weight excluding hydrogens is 278 g/mol. The van der Waals surface area contributed by atoms with Crippen molar-refractivity contribution < 1.29 is 44.7 Å². The van der Waals surface area contributed by atoms with Crippen LogP contribution in [-0.4, -0.2) is 61.5 Å². The number of carbonyl (C=O) groups is 4. The molecule has 0 amide bonds. The Bertz CT molecular complexity index is 347. The minimum Gasteiger partial charge on any atom is -0.516 e. The first-order valence-corrected chi connectivity index (χ1v) is 5.06. The van der Waals surface area contributed by atoms with E-state index in [0.717, 1.165) is 6.26 Å². The zero-order chi connectivity index (χ0) is 16.3. The van der Waals surface area contributed by atoms with Crippen molar-refractivity contribution in [2.75, 3.05) is 0 Å². The predicted octanol–water partition coefficient (Wildman–Crippen LogP) is -0.880. The van der Waals surface area contributed by atoms with E-state index in [1.165, 1.54) is 0 Å². The number of aliphatic hydroxyl groups is 1. The summed E-state index contributed by atoms with van der Waals surface area (Å²) in [4.78, 5) is 41.9. The monoisotopic (exact) mass is 293 g/mol. The summed E-state index contributed by atoms with van der Waals surface area (Å²) in [6.45, 7) is 2.92. The highest BCUT2D eigenvalue weighted by Crippen LogP contribution is 2.00. The van der Waals surface area contributed by atoms with Gasteiger partial charge in [0.05, 0.1) is 19.1 Å². The van der Waals surface area contributed by atoms with Crippen LogP contribution >= 0.6 is 0 Å². The molecule has 0 fully saturated rings. The fraction of sp³-hybridized carbons (Fsp3) is 0.400. The van der Waals surface area contributed by atoms with E-state index in [2.05, 4.69) is 6.58 Å². The van der Waals surface area contributed by atoms with Gasteiger partial charge in [0.1, 0.15) is 12.1 Å². The largest absolute Gasteiger partial charge is 0.516 e. The van der Waals surface area contributed by atoms with Gasteiger partial charge in [0, 0.05) is 0 Å². The van der Waals surface area contributed by atoms with E-state index < -0.39 is 48.8 Å². The minimum absolute atomic E-state index is 0.750. The van der Waals surface area contributed by atoms with Gasteiger partial charge in [0.25, 0.3) is 0 Å². The van der Waals surface area contributed by atoms with Crippen molar-refractivity contribution in [3.8, 4) is 0 Å². The fourth-order valence-corrected chi connectivity index (χ4v) is 1.03. The van der Waals surface area contributed by atoms with Gasteiger partial charge in [0.15, 0.2) is 0 Å². The Kier molecular flexibility index (Phi) is 10.2. The molecule has 0 aliphatic carbocycles. The molecule has 6 N–H and O–H groups in total. The predicted molar refractivity (Wildman–Crippen MR) is 63.3 cm³/mol. The summed E-state index contributed by atoms with van der Waals surface area (Å²) in [5.74, 6) is -6.01. The summed E-state index contributed by atoms with van der Waals surface area (Å²) < 4.78 is 0. The maximum absolute atomic E-state index is 10.6. The molecule has 0 aromatic heterocycles. The molecule has 10 heteroatoms. The smallest absolute Gasteiger partial charge is 0.321 e. The number of carboxylic acid groups (broad SMARTS) is 4. The van der Waals surface area contributed by atoms with Crippen LogP contribution < -0.4 is 5.32 Å². The molecule has 114 valence electrons. The summed E-state index contributed by atoms with van der Waals surface area (Å²) in [5, 5.41) is 43.3. The number of nitrogens with one attached hydrogen (secondary N) is 1. The molecule has 0 rings (SSSR count). The third kappa shape index (κ3) is 10.5. The summed E-state index contributed by atoms with van der Waals surface area (Å²) in [6, 6.07) is -3.32. The average molecular weight is 293 g/mol. The van der Waals surface area contributed by atoms with Gasteiger partial charge in [-0.3, -0.25) is 24.5 Å². The van der Waals surface area contributed by atoms with Gasteiger partial charge in [-0.25, -0.2) is 0 Å². The Morgan fingerprint density at radius 2 is 1.15 bits per heavy atom. The first kappa shape index (κ1) is 19.7. The van der Waals surface area contributed by atoms with Gasteiger partial charge in [-0.1, -0.05) is 6.58 Å². The van der Waals surface area contributed by atoms with E-state index in [1.54, 1.807) is 0 Å². The number of rotatable bonds is 8. The minimum atomic E-state index is -1.66. The lowest BCUT2D eigenvalue weighted by Gasteiger charge is -2.17. The third-order valence-corrected chi connectivity index (χ3v) is 1.76. The standard InChI is InChI=1S/C8H11NO8.C2H4O/c10-5(11)1-3(7(14)15)9-4(8(16)17)2-6(12)13;1-2-3/h3-4,9H,1-2H2,(H,10,11)(H,12,13)(H,14,15)(H,16,17);2-3H,1H2. The number of aliphatic hydroxyl groups excluding tert-OH is 1. The molecule has 0 radical (unpaired) electrons. The first-order valence-electron chi connectivity index (χ1n) is 5.06. The van der Waals surface area contributed by atoms with Crippen LogP contribution in [0.25, 0.3) is 0 Å². The van der Waals surface area contributed by atoms with Crippen LogP contribution in [0.1, 0.15) is 12.8 Å². The van der Waals surface area contributed by atoms with Crippen molar-refractivity contribution in [1.29, 1.82) is 0 Å². The molecule has 0 aliphatic heterocycles. The molecule has 0 bridgehead atoms. The Morgan fingerprint density at radius 3 is 1.30 bits per heavy atom. The molecule has 2 unspecified atom stereocenters. The second-order valence-corrected chi connectivity index (χ2v) is 3.33. The zero-order valence-electron chi connectivity index (χ0n) is 10.2. The highest BCUT2D eigenvalue weighted by atomic mass is 16.4. The summed E-state index contributed by atoms with van der Waals surface area (Å²) >= 11 is 0. The number of hydrogen-bond donors (Lipinski definition) is 6. The van der Waals surface area contributed by atoms with Crippen LogP contribution in [0.2, 0.25) is 0 Å². The van der Waals surface area contributed by atoms with Crippen LogP contribution in [0, 0.1) is 0 Å². The molecule has 0 saturated carbocycles. The van der Waals surface area contributed by atoms with Crippen molar-refractivity contribution in [3.63, 3.8) is 0 Å². The van der Waals surface area contributed by atoms with Gasteiger partial charge >= 0.3 is 23.9 Å². The Morgan fingerprint density at radius 1 is 0.900 bits per heavy atom. The van der Waals surface area contributed by atoms with Crippen molar-refractivity contribution in [2.24, 2.45) is 0 Å². The lowest BCUT2D eigenvalue weighted by Crippen LogP contribution is -2.48. The molecule has 0 saturated heterocycles. The molecule has 0 heterocycles. The average Bonchev–Trinajstić information content (AvgIpc) is 2.26. The highest BCUT2D eigenvalue weighted by Gasteiger charge is 2.29. The highest BCUT2D eigenvalue weighted by molar-refractivity contribution is 5.84. The SMILES string of the molecule is C=CO.O=C(O)CC(NC(CC(=O)O)C(=O)O)C(=O)O. The summed E-state index contributed by atoms with van der Waals surface area (Å²) in [7, 11) is 0. The number of hydrogen-bond acceptors (Lipinski definition) is 6. The quantitative estimate of drug-likeness (QED) is 0.307. The summed E-state index contributed by atoms with van der Waals surface area (Å²) in [5.41, 5.74) is 0. The molecule has 0 aromatic rings. The first-order chi connectivity index (χ1) is 9.15. The van der Waals surface area contributed by atoms with Gasteiger partial charge in [-0.15, -0.1) is 0 Å². The van der Waals surface area contributed by atoms with E-state index in [-0.39, 0.29) is 0 Å². The molecule has 0 aliphatic rings. The molecule has 0 aromatic carbocycles. The molecular formula is C10H15NO9. The van der Waals surface area contributed by atoms with Crippen molar-refractivity contribution in [2.45, 2.75) is 24.9 Å². The lowest BCUT2D eigenvalue weighted by atomic mass is 10.1. The van der Waals surface area contributed by atoms with Crippen LogP contribution in [0.4, 0.5) is 0 Å². The van der Waals surface area contributed by atoms with E-state index in [0.29, 0.717) is 0 Å². The van der Waals surface area contributed by atoms with Crippen LogP contribution in [-0.2, 0) is 19.2 Å². The van der Waals surface area contributed by atoms with E-state index >= 15 is 0 Å². The van der Waals surface area contributed by atoms with Crippen molar-refractivity contribution in [3.05, 3.63) is 12.8 Å². The molecule has 10 nitrogen and oxygen atoms in total. The topological polar surface area (TPSA) is 181 Å². The molecule has 2 atom stereocenters. The lowest BCUT2D eigenvalue weighted by molar-refractivity contribution is -0.150. The van der Waals surface area contributed by atoms with Gasteiger partial charge in [-0.2, -0.15) is 0 Å². The Labute approximate surface area is 113 Å². The maximum atomic E-state index is 10.6. The van der Waals surface area contributed by atoms with E-state index in [4.69, 9.17) is 25.5 Å². The van der Waals surface area contributed by atoms with Crippen LogP contribution in [0.5, 0.6) is 0 Å². The van der Waals surface area contributed by atoms with Gasteiger partial charge in [0.2, 0.25) is 0 Å². The fourth-order valence-electron chi connectivity index (χ4n) is 1.03. The molecule has 0 spiro atoms. The van der Waals surface area contributed by atoms with E-state index in [1.807, 2.05) is 5.32 Å². The normalized spacial score (nSPS) is 12.2. The Hall–Kier alpha value is -2.62. The number of aliphatic carboxylic acids is 4. The summed E-state index contributed by atoms with van der Waals surface area (Å²) in [6.07, 6.45) is -0.947. The van der Waals surface area contributed by atoms with Crippen molar-refractivity contribution >= 4 is 23.9 Å².